The van der Waals surface area contributed by atoms with Crippen molar-refractivity contribution in [1.29, 1.82) is 0 Å². The van der Waals surface area contributed by atoms with Gasteiger partial charge < -0.3 is 10.2 Å². The predicted octanol–water partition coefficient (Wildman–Crippen LogP) is 1.22. The summed E-state index contributed by atoms with van der Waals surface area (Å²) in [6.45, 7) is 4.88. The summed E-state index contributed by atoms with van der Waals surface area (Å²) in [6.07, 6.45) is 6.09. The Morgan fingerprint density at radius 2 is 2.28 bits per heavy atom. The third-order valence-electron chi connectivity index (χ3n) is 3.49. The van der Waals surface area contributed by atoms with Gasteiger partial charge in [-0.25, -0.2) is 0 Å². The van der Waals surface area contributed by atoms with Crippen LogP contribution in [0.4, 0.5) is 0 Å². The highest BCUT2D eigenvalue weighted by Crippen LogP contribution is 2.13. The molecule has 1 aliphatic heterocycles. The first-order chi connectivity index (χ1) is 8.81. The van der Waals surface area contributed by atoms with Gasteiger partial charge in [0.2, 0.25) is 5.91 Å². The average molecular weight is 247 g/mol. The predicted molar refractivity (Wildman–Crippen MR) is 71.2 cm³/mol. The molecule has 1 fully saturated rings. The molecule has 4 nitrogen and oxygen atoms in total. The molecule has 0 radical (unpaired) electrons. The van der Waals surface area contributed by atoms with Gasteiger partial charge in [-0.15, -0.1) is 0 Å². The van der Waals surface area contributed by atoms with Crippen LogP contribution >= 0.6 is 0 Å². The molecule has 1 aromatic rings. The van der Waals surface area contributed by atoms with Crippen LogP contribution in [0, 0.1) is 0 Å². The number of hydrogen-bond acceptors (Lipinski definition) is 3. The molecule has 0 spiro atoms. The summed E-state index contributed by atoms with van der Waals surface area (Å²) >= 11 is 0. The molecule has 18 heavy (non-hydrogen) atoms. The van der Waals surface area contributed by atoms with Crippen molar-refractivity contribution in [2.24, 2.45) is 0 Å². The van der Waals surface area contributed by atoms with Crippen LogP contribution in [0.25, 0.3) is 0 Å². The van der Waals surface area contributed by atoms with E-state index in [1.165, 1.54) is 0 Å². The highest BCUT2D eigenvalue weighted by atomic mass is 16.2. The van der Waals surface area contributed by atoms with E-state index in [0.29, 0.717) is 12.5 Å². The number of nitrogens with one attached hydrogen (secondary N) is 1. The van der Waals surface area contributed by atoms with Gasteiger partial charge >= 0.3 is 0 Å². The lowest BCUT2D eigenvalue weighted by Gasteiger charge is -2.34. The standard InChI is InChI=1S/C14H21N3O/c1-2-17(13-5-8-15-9-6-13)14(18)10-12-4-3-7-16-11-12/h3-4,7,11,13,15H,2,5-6,8-10H2,1H3. The number of pyridine rings is 1. The van der Waals surface area contributed by atoms with E-state index in [2.05, 4.69) is 17.2 Å². The number of nitrogens with zero attached hydrogens (tertiary/aromatic N) is 2. The van der Waals surface area contributed by atoms with Crippen molar-refractivity contribution in [2.75, 3.05) is 19.6 Å². The number of rotatable bonds is 4. The Hall–Kier alpha value is -1.42. The number of piperidine rings is 1. The van der Waals surface area contributed by atoms with Gasteiger partial charge in [0.15, 0.2) is 0 Å². The number of hydrogen-bond donors (Lipinski definition) is 1. The van der Waals surface area contributed by atoms with Crippen LogP contribution in [0.15, 0.2) is 24.5 Å². The second kappa shape index (κ2) is 6.50. The van der Waals surface area contributed by atoms with Gasteiger partial charge in [-0.1, -0.05) is 6.07 Å². The molecule has 0 bridgehead atoms. The molecule has 0 aromatic carbocycles. The molecule has 1 aliphatic rings. The van der Waals surface area contributed by atoms with E-state index in [0.717, 1.165) is 38.0 Å². The van der Waals surface area contributed by atoms with Crippen molar-refractivity contribution in [3.63, 3.8) is 0 Å². The fraction of sp³-hybridized carbons (Fsp3) is 0.571. The van der Waals surface area contributed by atoms with E-state index < -0.39 is 0 Å². The molecule has 2 heterocycles. The summed E-state index contributed by atoms with van der Waals surface area (Å²) in [5.41, 5.74) is 0.995. The summed E-state index contributed by atoms with van der Waals surface area (Å²) in [5, 5.41) is 3.33. The van der Waals surface area contributed by atoms with Gasteiger partial charge in [-0.2, -0.15) is 0 Å². The molecule has 1 N–H and O–H groups in total. The maximum Gasteiger partial charge on any atom is 0.227 e. The SMILES string of the molecule is CCN(C(=O)Cc1cccnc1)C1CCNCC1. The third kappa shape index (κ3) is 3.29. The summed E-state index contributed by atoms with van der Waals surface area (Å²) in [6, 6.07) is 4.24. The number of amides is 1. The molecule has 0 saturated carbocycles. The molecule has 0 atom stereocenters. The minimum absolute atomic E-state index is 0.220. The summed E-state index contributed by atoms with van der Waals surface area (Å²) < 4.78 is 0. The van der Waals surface area contributed by atoms with Gasteiger partial charge in [0.1, 0.15) is 0 Å². The van der Waals surface area contributed by atoms with Crippen molar-refractivity contribution in [3.05, 3.63) is 30.1 Å². The third-order valence-corrected chi connectivity index (χ3v) is 3.49. The molecule has 4 heteroatoms. The fourth-order valence-corrected chi connectivity index (χ4v) is 2.54. The van der Waals surface area contributed by atoms with Crippen LogP contribution in [0.5, 0.6) is 0 Å². The number of carbonyl (C=O) groups excluding carboxylic acids is 1. The molecule has 0 aliphatic carbocycles. The highest BCUT2D eigenvalue weighted by Gasteiger charge is 2.23. The normalized spacial score (nSPS) is 16.5. The lowest BCUT2D eigenvalue weighted by Crippen LogP contribution is -2.46. The van der Waals surface area contributed by atoms with Gasteiger partial charge in [-0.3, -0.25) is 9.78 Å². The summed E-state index contributed by atoms with van der Waals surface area (Å²) in [7, 11) is 0. The maximum absolute atomic E-state index is 12.3. The van der Waals surface area contributed by atoms with Crippen LogP contribution in [0.1, 0.15) is 25.3 Å². The van der Waals surface area contributed by atoms with Crippen LogP contribution in [0.3, 0.4) is 0 Å². The van der Waals surface area contributed by atoms with Crippen molar-refractivity contribution in [3.8, 4) is 0 Å². The van der Waals surface area contributed by atoms with Crippen molar-refractivity contribution < 1.29 is 4.79 Å². The monoisotopic (exact) mass is 247 g/mol. The van der Waals surface area contributed by atoms with E-state index in [-0.39, 0.29) is 5.91 Å². The number of likely N-dealkylation sites (N-methyl/N-ethyl adjacent to an activating group) is 1. The zero-order valence-electron chi connectivity index (χ0n) is 10.9. The molecule has 98 valence electrons. The van der Waals surface area contributed by atoms with Gasteiger partial charge in [-0.05, 0) is 44.5 Å². The van der Waals surface area contributed by atoms with Gasteiger partial charge in [0, 0.05) is 25.0 Å². The van der Waals surface area contributed by atoms with E-state index in [4.69, 9.17) is 0 Å². The Bertz CT molecular complexity index is 374. The molecular formula is C14H21N3O. The largest absolute Gasteiger partial charge is 0.340 e. The van der Waals surface area contributed by atoms with E-state index in [1.807, 2.05) is 17.0 Å². The van der Waals surface area contributed by atoms with Crippen LogP contribution < -0.4 is 5.32 Å². The topological polar surface area (TPSA) is 45.2 Å². The van der Waals surface area contributed by atoms with E-state index in [9.17, 15) is 4.79 Å². The quantitative estimate of drug-likeness (QED) is 0.870. The van der Waals surface area contributed by atoms with Crippen molar-refractivity contribution in [2.45, 2.75) is 32.2 Å². The first-order valence-corrected chi connectivity index (χ1v) is 6.70. The second-order valence-corrected chi connectivity index (χ2v) is 4.70. The fourth-order valence-electron chi connectivity index (χ4n) is 2.54. The minimum Gasteiger partial charge on any atom is -0.340 e. The smallest absolute Gasteiger partial charge is 0.227 e. The Balaban J connectivity index is 1.96. The molecule has 1 amide bonds. The van der Waals surface area contributed by atoms with Gasteiger partial charge in [0.05, 0.1) is 6.42 Å². The number of carbonyl (C=O) groups is 1. The van der Waals surface area contributed by atoms with Crippen molar-refractivity contribution in [1.82, 2.24) is 15.2 Å². The molecular weight excluding hydrogens is 226 g/mol. The Morgan fingerprint density at radius 1 is 1.50 bits per heavy atom. The van der Waals surface area contributed by atoms with E-state index >= 15 is 0 Å². The molecule has 0 unspecified atom stereocenters. The van der Waals surface area contributed by atoms with E-state index in [1.54, 1.807) is 12.4 Å². The minimum atomic E-state index is 0.220. The molecule has 2 rings (SSSR count). The summed E-state index contributed by atoms with van der Waals surface area (Å²) in [5.74, 6) is 0.220. The first-order valence-electron chi connectivity index (χ1n) is 6.70. The average Bonchev–Trinajstić information content (AvgIpc) is 2.42. The highest BCUT2D eigenvalue weighted by molar-refractivity contribution is 5.79. The van der Waals surface area contributed by atoms with Crippen LogP contribution in [0.2, 0.25) is 0 Å². The van der Waals surface area contributed by atoms with Crippen molar-refractivity contribution >= 4 is 5.91 Å². The Labute approximate surface area is 108 Å². The van der Waals surface area contributed by atoms with Crippen LogP contribution in [-0.4, -0.2) is 41.5 Å². The molecule has 1 saturated heterocycles. The maximum atomic E-state index is 12.3. The molecule has 1 aromatic heterocycles. The Kier molecular flexibility index (Phi) is 4.70. The lowest BCUT2D eigenvalue weighted by atomic mass is 10.0. The second-order valence-electron chi connectivity index (χ2n) is 4.70. The summed E-state index contributed by atoms with van der Waals surface area (Å²) in [4.78, 5) is 18.4. The van der Waals surface area contributed by atoms with Gasteiger partial charge in [0.25, 0.3) is 0 Å². The zero-order valence-corrected chi connectivity index (χ0v) is 10.9. The zero-order chi connectivity index (χ0) is 12.8. The first kappa shape index (κ1) is 13.0. The Morgan fingerprint density at radius 3 is 2.89 bits per heavy atom. The van der Waals surface area contributed by atoms with Crippen LogP contribution in [-0.2, 0) is 11.2 Å². The lowest BCUT2D eigenvalue weighted by molar-refractivity contribution is -0.133. The number of aromatic nitrogens is 1.